The second-order valence-corrected chi connectivity index (χ2v) is 12.3. The first-order valence-corrected chi connectivity index (χ1v) is 16.3. The molecule has 4 nitrogen and oxygen atoms in total. The Bertz CT molecular complexity index is 2610. The first kappa shape index (κ1) is 26.7. The maximum absolute atomic E-state index is 5.23. The topological polar surface area (TPSA) is 35.6 Å². The van der Waals surface area contributed by atoms with Gasteiger partial charge in [-0.1, -0.05) is 115 Å². The van der Waals surface area contributed by atoms with Crippen molar-refractivity contribution in [2.24, 2.45) is 0 Å². The minimum atomic E-state index is 0.713. The van der Waals surface area contributed by atoms with Crippen LogP contribution in [0.3, 0.4) is 0 Å². The van der Waals surface area contributed by atoms with Crippen molar-refractivity contribution in [1.82, 2.24) is 19.1 Å². The highest BCUT2D eigenvalue weighted by Crippen LogP contribution is 2.38. The molecule has 0 saturated heterocycles. The molecule has 10 rings (SSSR count). The maximum atomic E-state index is 5.23. The highest BCUT2D eigenvalue weighted by molar-refractivity contribution is 6.10. The van der Waals surface area contributed by atoms with Crippen LogP contribution in [0.25, 0.3) is 88.4 Å². The Hall–Kier alpha value is -6.52. The Morgan fingerprint density at radius 1 is 0.396 bits per heavy atom. The van der Waals surface area contributed by atoms with Crippen LogP contribution < -0.4 is 0 Å². The van der Waals surface area contributed by atoms with Crippen molar-refractivity contribution in [2.45, 2.75) is 0 Å². The van der Waals surface area contributed by atoms with Crippen LogP contribution in [0.5, 0.6) is 0 Å². The molecule has 0 fully saturated rings. The molecule has 0 amide bonds. The highest BCUT2D eigenvalue weighted by Gasteiger charge is 2.18. The minimum absolute atomic E-state index is 0.713. The predicted molar refractivity (Wildman–Crippen MR) is 199 cm³/mol. The molecule has 4 heteroatoms. The van der Waals surface area contributed by atoms with E-state index in [0.717, 1.165) is 33.6 Å². The molecule has 48 heavy (non-hydrogen) atoms. The summed E-state index contributed by atoms with van der Waals surface area (Å²) in [6.07, 6.45) is 1.88. The van der Waals surface area contributed by atoms with Gasteiger partial charge in [0, 0.05) is 50.2 Å². The van der Waals surface area contributed by atoms with E-state index in [2.05, 4.69) is 167 Å². The van der Waals surface area contributed by atoms with Crippen molar-refractivity contribution < 1.29 is 0 Å². The van der Waals surface area contributed by atoms with Crippen LogP contribution in [0.2, 0.25) is 0 Å². The molecule has 0 unspecified atom stereocenters. The van der Waals surface area contributed by atoms with Crippen LogP contribution in [0.15, 0.2) is 170 Å². The van der Waals surface area contributed by atoms with Gasteiger partial charge in [0.15, 0.2) is 5.82 Å². The van der Waals surface area contributed by atoms with Crippen molar-refractivity contribution in [3.8, 4) is 34.0 Å². The standard InChI is InChI=1S/C44H28N4/c1-2-14-33-29(12-1)13-11-19-38(33)44-45-25-24-39(46-44)30-26-31(47-40-20-7-3-15-34(40)35-16-4-8-21-41(35)47)28-32(27-30)48-42-22-9-5-17-36(42)37-18-6-10-23-43(37)48/h1-28H. The third kappa shape index (κ3) is 4.03. The first-order valence-electron chi connectivity index (χ1n) is 16.3. The third-order valence-corrected chi connectivity index (χ3v) is 9.56. The van der Waals surface area contributed by atoms with Crippen molar-refractivity contribution in [1.29, 1.82) is 0 Å². The number of hydrogen-bond donors (Lipinski definition) is 0. The molecule has 7 aromatic carbocycles. The summed E-state index contributed by atoms with van der Waals surface area (Å²) in [5.74, 6) is 0.713. The molecule has 3 aromatic heterocycles. The van der Waals surface area contributed by atoms with Crippen molar-refractivity contribution in [3.05, 3.63) is 170 Å². The molecule has 10 aromatic rings. The van der Waals surface area contributed by atoms with E-state index in [1.54, 1.807) is 0 Å². The summed E-state index contributed by atoms with van der Waals surface area (Å²) >= 11 is 0. The average molecular weight is 613 g/mol. The van der Waals surface area contributed by atoms with E-state index in [-0.39, 0.29) is 0 Å². The Kier molecular flexibility index (Phi) is 5.84. The van der Waals surface area contributed by atoms with E-state index in [9.17, 15) is 0 Å². The fourth-order valence-electron chi connectivity index (χ4n) is 7.47. The third-order valence-electron chi connectivity index (χ3n) is 9.56. The molecule has 0 aliphatic heterocycles. The van der Waals surface area contributed by atoms with Crippen molar-refractivity contribution in [3.63, 3.8) is 0 Å². The number of fused-ring (bicyclic) bond motifs is 7. The van der Waals surface area contributed by atoms with Gasteiger partial charge in [-0.15, -0.1) is 0 Å². The lowest BCUT2D eigenvalue weighted by molar-refractivity contribution is 1.13. The molecule has 0 atom stereocenters. The quantitative estimate of drug-likeness (QED) is 0.198. The molecular weight excluding hydrogens is 585 g/mol. The lowest BCUT2D eigenvalue weighted by Gasteiger charge is -2.16. The summed E-state index contributed by atoms with van der Waals surface area (Å²) in [6.45, 7) is 0. The summed E-state index contributed by atoms with van der Waals surface area (Å²) in [5.41, 5.74) is 9.75. The summed E-state index contributed by atoms with van der Waals surface area (Å²) < 4.78 is 4.77. The molecule has 0 aliphatic carbocycles. The van der Waals surface area contributed by atoms with Gasteiger partial charge < -0.3 is 9.13 Å². The van der Waals surface area contributed by atoms with E-state index in [1.807, 2.05) is 12.3 Å². The maximum Gasteiger partial charge on any atom is 0.160 e. The molecule has 0 radical (unpaired) electrons. The SMILES string of the molecule is c1ccc2c(-c3nccc(-c4cc(-n5c6ccccc6c6ccccc65)cc(-n5c6ccccc6c6ccccc65)c4)n3)cccc2c1. The van der Waals surface area contributed by atoms with Gasteiger partial charge in [0.25, 0.3) is 0 Å². The molecule has 0 spiro atoms. The van der Waals surface area contributed by atoms with Crippen LogP contribution in [0, 0.1) is 0 Å². The summed E-state index contributed by atoms with van der Waals surface area (Å²) in [5, 5.41) is 7.25. The van der Waals surface area contributed by atoms with E-state index in [1.165, 1.54) is 49.0 Å². The molecular formula is C44H28N4. The van der Waals surface area contributed by atoms with E-state index in [0.29, 0.717) is 5.82 Å². The van der Waals surface area contributed by atoms with E-state index < -0.39 is 0 Å². The molecule has 3 heterocycles. The van der Waals surface area contributed by atoms with Crippen molar-refractivity contribution >= 4 is 54.4 Å². The summed E-state index contributed by atoms with van der Waals surface area (Å²) in [7, 11) is 0. The van der Waals surface area contributed by atoms with Crippen LogP contribution in [0.4, 0.5) is 0 Å². The van der Waals surface area contributed by atoms with Gasteiger partial charge in [-0.2, -0.15) is 0 Å². The van der Waals surface area contributed by atoms with Crippen LogP contribution in [0.1, 0.15) is 0 Å². The Labute approximate surface area is 276 Å². The number of rotatable bonds is 4. The molecule has 0 N–H and O–H groups in total. The normalized spacial score (nSPS) is 11.8. The smallest absolute Gasteiger partial charge is 0.160 e. The second kappa shape index (κ2) is 10.5. The monoisotopic (exact) mass is 612 g/mol. The van der Waals surface area contributed by atoms with Gasteiger partial charge >= 0.3 is 0 Å². The van der Waals surface area contributed by atoms with Gasteiger partial charge in [0.2, 0.25) is 0 Å². The number of benzene rings is 7. The van der Waals surface area contributed by atoms with Crippen LogP contribution >= 0.6 is 0 Å². The first-order chi connectivity index (χ1) is 23.8. The van der Waals surface area contributed by atoms with Gasteiger partial charge in [0.1, 0.15) is 0 Å². The fourth-order valence-corrected chi connectivity index (χ4v) is 7.47. The van der Waals surface area contributed by atoms with Crippen molar-refractivity contribution in [2.75, 3.05) is 0 Å². The lowest BCUT2D eigenvalue weighted by atomic mass is 10.0. The van der Waals surface area contributed by atoms with Crippen LogP contribution in [-0.4, -0.2) is 19.1 Å². The van der Waals surface area contributed by atoms with Gasteiger partial charge in [-0.3, -0.25) is 0 Å². The zero-order valence-corrected chi connectivity index (χ0v) is 26.0. The lowest BCUT2D eigenvalue weighted by Crippen LogP contribution is -2.01. The fraction of sp³-hybridized carbons (Fsp3) is 0. The molecule has 224 valence electrons. The average Bonchev–Trinajstić information content (AvgIpc) is 3.68. The van der Waals surface area contributed by atoms with Crippen LogP contribution in [-0.2, 0) is 0 Å². The number of hydrogen-bond acceptors (Lipinski definition) is 2. The summed E-state index contributed by atoms with van der Waals surface area (Å²) in [4.78, 5) is 10.0. The van der Waals surface area contributed by atoms with Gasteiger partial charge in [-0.05, 0) is 59.3 Å². The molecule has 0 bridgehead atoms. The zero-order chi connectivity index (χ0) is 31.6. The Morgan fingerprint density at radius 2 is 0.854 bits per heavy atom. The molecule has 0 aliphatic rings. The van der Waals surface area contributed by atoms with Gasteiger partial charge in [0.05, 0.1) is 27.8 Å². The predicted octanol–water partition coefficient (Wildman–Crippen LogP) is 11.2. The molecule has 0 saturated carbocycles. The zero-order valence-electron chi connectivity index (χ0n) is 26.0. The number of aromatic nitrogens is 4. The minimum Gasteiger partial charge on any atom is -0.309 e. The second-order valence-electron chi connectivity index (χ2n) is 12.3. The Balaban J connectivity index is 1.28. The number of para-hydroxylation sites is 4. The largest absolute Gasteiger partial charge is 0.309 e. The summed E-state index contributed by atoms with van der Waals surface area (Å²) in [6, 6.07) is 58.3. The number of nitrogens with zero attached hydrogens (tertiary/aromatic N) is 4. The van der Waals surface area contributed by atoms with Gasteiger partial charge in [-0.25, -0.2) is 9.97 Å². The Morgan fingerprint density at radius 3 is 1.40 bits per heavy atom. The van der Waals surface area contributed by atoms with E-state index in [4.69, 9.17) is 9.97 Å². The highest BCUT2D eigenvalue weighted by atomic mass is 15.0. The van der Waals surface area contributed by atoms with E-state index >= 15 is 0 Å².